The Labute approximate surface area is 158 Å². The largest absolute Gasteiger partial charge is 0.484 e. The van der Waals surface area contributed by atoms with Crippen LogP contribution in [0.25, 0.3) is 20.1 Å². The van der Waals surface area contributed by atoms with Gasteiger partial charge >= 0.3 is 0 Å². The van der Waals surface area contributed by atoms with Gasteiger partial charge in [-0.25, -0.2) is 9.97 Å². The molecule has 0 amide bonds. The maximum Gasteiger partial charge on any atom is 0.175 e. The number of ether oxygens (including phenoxy) is 1. The second kappa shape index (κ2) is 9.30. The quantitative estimate of drug-likeness (QED) is 0.369. The van der Waals surface area contributed by atoms with Crippen molar-refractivity contribution in [2.75, 3.05) is 6.61 Å². The van der Waals surface area contributed by atoms with Crippen molar-refractivity contribution in [2.45, 2.75) is 58.8 Å². The van der Waals surface area contributed by atoms with E-state index in [9.17, 15) is 0 Å². The van der Waals surface area contributed by atoms with Gasteiger partial charge in [-0.2, -0.15) is 0 Å². The van der Waals surface area contributed by atoms with E-state index >= 15 is 0 Å². The Morgan fingerprint density at radius 3 is 2.36 bits per heavy atom. The zero-order valence-corrected chi connectivity index (χ0v) is 16.7. The van der Waals surface area contributed by atoms with Gasteiger partial charge in [0.25, 0.3) is 0 Å². The number of rotatable bonds is 10. The van der Waals surface area contributed by atoms with Crippen LogP contribution < -0.4 is 4.74 Å². The van der Waals surface area contributed by atoms with Gasteiger partial charge in [0.15, 0.2) is 10.9 Å². The Morgan fingerprint density at radius 2 is 1.64 bits per heavy atom. The molecule has 0 aliphatic carbocycles. The van der Waals surface area contributed by atoms with Crippen LogP contribution in [0.15, 0.2) is 24.5 Å². The smallest absolute Gasteiger partial charge is 0.175 e. The minimum Gasteiger partial charge on any atom is -0.484 e. The van der Waals surface area contributed by atoms with Crippen LogP contribution in [-0.4, -0.2) is 16.6 Å². The number of unbranched alkanes of at least 4 members (excludes halogenated alkanes) is 4. The fourth-order valence-corrected chi connectivity index (χ4v) is 4.90. The number of thiophene rings is 2. The van der Waals surface area contributed by atoms with Crippen molar-refractivity contribution in [1.29, 1.82) is 0 Å². The van der Waals surface area contributed by atoms with E-state index in [-0.39, 0.29) is 0 Å². The van der Waals surface area contributed by atoms with E-state index in [4.69, 9.17) is 4.74 Å². The molecule has 0 aromatic carbocycles. The summed E-state index contributed by atoms with van der Waals surface area (Å²) in [5.41, 5.74) is 1.22. The number of hydrogen-bond donors (Lipinski definition) is 0. The van der Waals surface area contributed by atoms with Crippen LogP contribution in [0.4, 0.5) is 0 Å². The van der Waals surface area contributed by atoms with Crippen LogP contribution in [0.1, 0.15) is 57.9 Å². The Bertz CT molecular complexity index is 745. The Kier molecular flexibility index (Phi) is 6.82. The van der Waals surface area contributed by atoms with Crippen LogP contribution in [0, 0.1) is 0 Å². The van der Waals surface area contributed by atoms with Crippen molar-refractivity contribution < 1.29 is 4.74 Å². The molecule has 0 spiro atoms. The molecule has 0 saturated heterocycles. The highest BCUT2D eigenvalue weighted by molar-refractivity contribution is 7.30. The molecule has 3 aromatic heterocycles. The number of hydrogen-bond acceptors (Lipinski definition) is 5. The van der Waals surface area contributed by atoms with E-state index in [1.807, 2.05) is 12.4 Å². The van der Waals surface area contributed by atoms with Crippen LogP contribution in [0.2, 0.25) is 0 Å². The predicted octanol–water partition coefficient (Wildman–Crippen LogP) is 6.72. The number of aryl methyl sites for hydroxylation is 1. The molecule has 0 fully saturated rings. The summed E-state index contributed by atoms with van der Waals surface area (Å²) in [4.78, 5) is 10.2. The van der Waals surface area contributed by atoms with Crippen molar-refractivity contribution in [1.82, 2.24) is 9.97 Å². The van der Waals surface area contributed by atoms with Gasteiger partial charge in [0, 0.05) is 27.9 Å². The van der Waals surface area contributed by atoms with Crippen molar-refractivity contribution in [3.63, 3.8) is 0 Å². The van der Waals surface area contributed by atoms with E-state index < -0.39 is 0 Å². The Balaban J connectivity index is 1.61. The summed E-state index contributed by atoms with van der Waals surface area (Å²) in [5, 5.41) is 1.03. The van der Waals surface area contributed by atoms with E-state index in [0.29, 0.717) is 0 Å². The molecule has 0 atom stereocenters. The second-order valence-electron chi connectivity index (χ2n) is 6.33. The first-order chi connectivity index (χ1) is 12.3. The zero-order chi connectivity index (χ0) is 17.5. The number of aromatic nitrogens is 2. The van der Waals surface area contributed by atoms with Gasteiger partial charge in [-0.3, -0.25) is 0 Å². The molecular weight excluding hydrogens is 348 g/mol. The van der Waals surface area contributed by atoms with Gasteiger partial charge in [-0.05, 0) is 30.9 Å². The maximum atomic E-state index is 5.89. The lowest BCUT2D eigenvalue weighted by molar-refractivity contribution is 0.314. The summed E-state index contributed by atoms with van der Waals surface area (Å²) in [5.74, 6) is 0.829. The molecule has 0 saturated carbocycles. The highest BCUT2D eigenvalue weighted by atomic mass is 32.1. The SMILES string of the molecule is CCCCCCOc1cc2sc(-c3ncc(CCCC)cn3)cc2s1. The van der Waals surface area contributed by atoms with Crippen molar-refractivity contribution in [3.05, 3.63) is 30.1 Å². The molecule has 134 valence electrons. The summed E-state index contributed by atoms with van der Waals surface area (Å²) in [7, 11) is 0. The molecule has 0 aliphatic heterocycles. The minimum atomic E-state index is 0.822. The third kappa shape index (κ3) is 5.02. The number of nitrogens with zero attached hydrogens (tertiary/aromatic N) is 2. The van der Waals surface area contributed by atoms with Gasteiger partial charge in [-0.15, -0.1) is 11.3 Å². The lowest BCUT2D eigenvalue weighted by Gasteiger charge is -2.02. The van der Waals surface area contributed by atoms with Crippen LogP contribution in [-0.2, 0) is 6.42 Å². The molecule has 0 bridgehead atoms. The Morgan fingerprint density at radius 1 is 0.880 bits per heavy atom. The fraction of sp³-hybridized carbons (Fsp3) is 0.500. The third-order valence-electron chi connectivity index (χ3n) is 4.17. The van der Waals surface area contributed by atoms with Crippen LogP contribution >= 0.6 is 22.7 Å². The standard InChI is InChI=1S/C20H26N2OS2/c1-3-5-7-8-10-23-19-12-17-16(25-19)11-18(24-17)20-21-13-15(14-22-20)9-6-4-2/h11-14H,3-10H2,1-2H3. The first-order valence-electron chi connectivity index (χ1n) is 9.27. The molecule has 0 radical (unpaired) electrons. The average molecular weight is 375 g/mol. The minimum absolute atomic E-state index is 0.822. The zero-order valence-electron chi connectivity index (χ0n) is 15.1. The normalized spacial score (nSPS) is 11.3. The Hall–Kier alpha value is -1.46. The molecule has 0 unspecified atom stereocenters. The molecule has 3 heterocycles. The first-order valence-corrected chi connectivity index (χ1v) is 10.9. The summed E-state index contributed by atoms with van der Waals surface area (Å²) >= 11 is 3.47. The summed E-state index contributed by atoms with van der Waals surface area (Å²) in [6, 6.07) is 4.35. The van der Waals surface area contributed by atoms with Crippen LogP contribution in [0.5, 0.6) is 5.06 Å². The molecule has 0 aliphatic rings. The molecule has 0 N–H and O–H groups in total. The van der Waals surface area contributed by atoms with Gasteiger partial charge < -0.3 is 4.74 Å². The van der Waals surface area contributed by atoms with E-state index in [1.165, 1.54) is 47.1 Å². The molecular formula is C20H26N2OS2. The topological polar surface area (TPSA) is 35.0 Å². The molecule has 25 heavy (non-hydrogen) atoms. The molecule has 5 heteroatoms. The van der Waals surface area contributed by atoms with Gasteiger partial charge in [0.1, 0.15) is 0 Å². The molecule has 3 rings (SSSR count). The summed E-state index contributed by atoms with van der Waals surface area (Å²) in [6.07, 6.45) is 12.4. The maximum absolute atomic E-state index is 5.89. The highest BCUT2D eigenvalue weighted by Gasteiger charge is 2.11. The van der Waals surface area contributed by atoms with Crippen molar-refractivity contribution in [3.8, 4) is 15.8 Å². The first kappa shape index (κ1) is 18.3. The van der Waals surface area contributed by atoms with Crippen molar-refractivity contribution in [2.24, 2.45) is 0 Å². The lowest BCUT2D eigenvalue weighted by Crippen LogP contribution is -1.95. The highest BCUT2D eigenvalue weighted by Crippen LogP contribution is 2.40. The summed E-state index contributed by atoms with van der Waals surface area (Å²) < 4.78 is 8.42. The van der Waals surface area contributed by atoms with Crippen molar-refractivity contribution >= 4 is 32.1 Å². The third-order valence-corrected chi connectivity index (χ3v) is 6.37. The summed E-state index contributed by atoms with van der Waals surface area (Å²) in [6.45, 7) is 5.26. The van der Waals surface area contributed by atoms with Gasteiger partial charge in [0.2, 0.25) is 0 Å². The second-order valence-corrected chi connectivity index (χ2v) is 8.46. The molecule has 3 aromatic rings. The average Bonchev–Trinajstić information content (AvgIpc) is 3.19. The van der Waals surface area contributed by atoms with E-state index in [2.05, 4.69) is 35.9 Å². The monoisotopic (exact) mass is 374 g/mol. The van der Waals surface area contributed by atoms with Gasteiger partial charge in [0.05, 0.1) is 11.5 Å². The number of fused-ring (bicyclic) bond motifs is 1. The van der Waals surface area contributed by atoms with E-state index in [0.717, 1.165) is 35.2 Å². The fourth-order valence-electron chi connectivity index (χ4n) is 2.69. The lowest BCUT2D eigenvalue weighted by atomic mass is 10.1. The van der Waals surface area contributed by atoms with Gasteiger partial charge in [-0.1, -0.05) is 50.9 Å². The molecule has 3 nitrogen and oxygen atoms in total. The van der Waals surface area contributed by atoms with Crippen LogP contribution in [0.3, 0.4) is 0 Å². The van der Waals surface area contributed by atoms with E-state index in [1.54, 1.807) is 22.7 Å². The predicted molar refractivity (Wildman–Crippen MR) is 109 cm³/mol.